The molecule has 0 bridgehead atoms. The van der Waals surface area contributed by atoms with Crippen LogP contribution < -0.4 is 21.5 Å². The number of nitrogens with one attached hydrogen (secondary N) is 4. The highest BCUT2D eigenvalue weighted by Crippen LogP contribution is 2.26. The molecule has 4 N–H and O–H groups in total. The first-order valence-electron chi connectivity index (χ1n) is 13.7. The van der Waals surface area contributed by atoms with E-state index in [4.69, 9.17) is 0 Å². The van der Waals surface area contributed by atoms with Crippen molar-refractivity contribution in [1.82, 2.24) is 25.3 Å². The summed E-state index contributed by atoms with van der Waals surface area (Å²) in [6.45, 7) is 12.5. The summed E-state index contributed by atoms with van der Waals surface area (Å²) in [4.78, 5) is 30.1. The van der Waals surface area contributed by atoms with E-state index in [1.165, 1.54) is 18.2 Å². The second kappa shape index (κ2) is 12.9. The maximum atomic E-state index is 14.8. The first-order chi connectivity index (χ1) is 19.5. The predicted molar refractivity (Wildman–Crippen MR) is 161 cm³/mol. The first-order valence-corrected chi connectivity index (χ1v) is 13.7. The van der Waals surface area contributed by atoms with Gasteiger partial charge in [-0.15, -0.1) is 0 Å². The van der Waals surface area contributed by atoms with Gasteiger partial charge in [0.15, 0.2) is 5.82 Å². The maximum Gasteiger partial charge on any atom is 0.287 e. The number of nitrogens with zero attached hydrogens (tertiary/aromatic N) is 4. The zero-order valence-corrected chi connectivity index (χ0v) is 24.1. The van der Waals surface area contributed by atoms with E-state index in [1.807, 2.05) is 30.7 Å². The Kier molecular flexibility index (Phi) is 9.28. The Balaban J connectivity index is 1.59. The number of hydrogen-bond acceptors (Lipinski definition) is 7. The van der Waals surface area contributed by atoms with E-state index in [-0.39, 0.29) is 22.5 Å². The molecule has 4 rings (SSSR count). The molecule has 0 atom stereocenters. The molecule has 1 aliphatic heterocycles. The van der Waals surface area contributed by atoms with Gasteiger partial charge in [0, 0.05) is 30.9 Å². The Morgan fingerprint density at radius 2 is 2.02 bits per heavy atom. The average Bonchev–Trinajstić information content (AvgIpc) is 3.34. The van der Waals surface area contributed by atoms with Crippen LogP contribution in [0.4, 0.5) is 21.6 Å². The molecule has 0 fully saturated rings. The van der Waals surface area contributed by atoms with Crippen molar-refractivity contribution in [3.63, 3.8) is 0 Å². The van der Waals surface area contributed by atoms with Crippen LogP contribution in [-0.4, -0.2) is 38.1 Å². The zero-order chi connectivity index (χ0) is 29.6. The van der Waals surface area contributed by atoms with Crippen molar-refractivity contribution in [2.24, 2.45) is 10.4 Å². The van der Waals surface area contributed by atoms with Gasteiger partial charge in [-0.25, -0.2) is 9.49 Å². The molecular formula is C30H37FN8O2. The number of hydrogen-bond donors (Lipinski definition) is 4. The smallest absolute Gasteiger partial charge is 0.287 e. The standard InChI is InChI=1S/C30H37FN8O2/c1-6-7-8-9-23(33-17-19(2)30(3,4)5)28(40)35-25-14-20(10-11-22(25)31)24-16-26(29(41)37-36-24)34-27-15-21-18-32-12-13-39(21)38-27/h8-11,14-17,32H,6-7,12-13,18H2,1-5H3,(H,35,40)(H,37,41)(H,34,36,38). The fraction of sp³-hybridized carbons (Fsp3) is 0.367. The molecule has 3 aromatic rings. The number of benzene rings is 1. The quantitative estimate of drug-likeness (QED) is 0.263. The van der Waals surface area contributed by atoms with E-state index < -0.39 is 17.3 Å². The predicted octanol–water partition coefficient (Wildman–Crippen LogP) is 5.31. The summed E-state index contributed by atoms with van der Waals surface area (Å²) < 4.78 is 16.7. The average molecular weight is 561 g/mol. The van der Waals surface area contributed by atoms with Crippen LogP contribution in [-0.2, 0) is 17.9 Å². The van der Waals surface area contributed by atoms with Crippen LogP contribution in [0.5, 0.6) is 0 Å². The van der Waals surface area contributed by atoms with Gasteiger partial charge in [-0.2, -0.15) is 10.2 Å². The highest BCUT2D eigenvalue weighted by atomic mass is 19.1. The Morgan fingerprint density at radius 3 is 2.76 bits per heavy atom. The van der Waals surface area contributed by atoms with Gasteiger partial charge in [0.1, 0.15) is 17.2 Å². The fourth-order valence-electron chi connectivity index (χ4n) is 3.90. The number of aromatic amines is 1. The van der Waals surface area contributed by atoms with Gasteiger partial charge in [-0.05, 0) is 54.7 Å². The van der Waals surface area contributed by atoms with Crippen LogP contribution in [0.25, 0.3) is 11.3 Å². The van der Waals surface area contributed by atoms with Crippen molar-refractivity contribution in [3.05, 3.63) is 76.1 Å². The molecule has 0 aliphatic carbocycles. The Morgan fingerprint density at radius 1 is 1.22 bits per heavy atom. The number of aliphatic imine (C=N–C) groups is 1. The Labute approximate surface area is 238 Å². The molecule has 0 radical (unpaired) electrons. The lowest BCUT2D eigenvalue weighted by Crippen LogP contribution is -2.28. The maximum absolute atomic E-state index is 14.8. The summed E-state index contributed by atoms with van der Waals surface area (Å²) in [6, 6.07) is 7.69. The third-order valence-corrected chi connectivity index (χ3v) is 6.79. The van der Waals surface area contributed by atoms with E-state index in [0.29, 0.717) is 23.6 Å². The van der Waals surface area contributed by atoms with E-state index in [1.54, 1.807) is 18.3 Å². The van der Waals surface area contributed by atoms with Gasteiger partial charge in [0.25, 0.3) is 11.5 Å². The van der Waals surface area contributed by atoms with Gasteiger partial charge in [-0.3, -0.25) is 19.3 Å². The highest BCUT2D eigenvalue weighted by molar-refractivity contribution is 6.47. The molecule has 1 amide bonds. The Hall–Kier alpha value is -4.38. The number of carbonyl (C=O) groups is 1. The van der Waals surface area contributed by atoms with Gasteiger partial charge in [0.2, 0.25) is 0 Å². The second-order valence-corrected chi connectivity index (χ2v) is 11.0. The van der Waals surface area contributed by atoms with Crippen molar-refractivity contribution in [2.75, 3.05) is 17.2 Å². The number of anilines is 3. The van der Waals surface area contributed by atoms with Gasteiger partial charge in [0.05, 0.1) is 23.6 Å². The summed E-state index contributed by atoms with van der Waals surface area (Å²) in [5.74, 6) is -0.612. The molecule has 1 aliphatic rings. The van der Waals surface area contributed by atoms with Gasteiger partial charge >= 0.3 is 0 Å². The number of carbonyl (C=O) groups excluding carboxylic acids is 1. The van der Waals surface area contributed by atoms with Crippen LogP contribution in [0.3, 0.4) is 0 Å². The number of rotatable bonds is 9. The summed E-state index contributed by atoms with van der Waals surface area (Å²) in [7, 11) is 0. The third kappa shape index (κ3) is 7.63. The number of unbranched alkanes of at least 4 members (excludes halogenated alkanes) is 1. The number of fused-ring (bicyclic) bond motifs is 1. The number of aromatic nitrogens is 4. The molecule has 0 spiro atoms. The molecule has 3 heterocycles. The Bertz CT molecular complexity index is 1540. The monoisotopic (exact) mass is 560 g/mol. The number of H-pyrrole nitrogens is 1. The van der Waals surface area contributed by atoms with Gasteiger partial charge in [-0.1, -0.05) is 40.2 Å². The number of amides is 1. The highest BCUT2D eigenvalue weighted by Gasteiger charge is 2.17. The minimum atomic E-state index is -0.611. The summed E-state index contributed by atoms with van der Waals surface area (Å²) in [6.07, 6.45) is 6.90. The molecule has 11 heteroatoms. The van der Waals surface area contributed by atoms with Crippen LogP contribution in [0, 0.1) is 11.2 Å². The SMILES string of the molecule is CCCC=CC(=NC=C(C)C(C)(C)C)C(=O)Nc1cc(-c2cc(Nc3cc4n(n3)CCNC4)c(=O)[nH]n2)ccc1F. The molecule has 41 heavy (non-hydrogen) atoms. The zero-order valence-electron chi connectivity index (χ0n) is 24.1. The number of halogens is 1. The van der Waals surface area contributed by atoms with Crippen LogP contribution in [0.2, 0.25) is 0 Å². The fourth-order valence-corrected chi connectivity index (χ4v) is 3.90. The van der Waals surface area contributed by atoms with Gasteiger partial charge < -0.3 is 16.0 Å². The molecule has 10 nitrogen and oxygen atoms in total. The molecule has 216 valence electrons. The lowest BCUT2D eigenvalue weighted by atomic mass is 9.88. The normalized spacial score (nSPS) is 14.3. The topological polar surface area (TPSA) is 129 Å². The largest absolute Gasteiger partial charge is 0.334 e. The van der Waals surface area contributed by atoms with E-state index in [9.17, 15) is 14.0 Å². The molecule has 2 aromatic heterocycles. The van der Waals surface area contributed by atoms with Crippen molar-refractivity contribution in [3.8, 4) is 11.3 Å². The summed E-state index contributed by atoms with van der Waals surface area (Å²) in [5.41, 5.74) is 2.74. The lowest BCUT2D eigenvalue weighted by Gasteiger charge is -2.18. The lowest BCUT2D eigenvalue weighted by molar-refractivity contribution is -0.110. The third-order valence-electron chi connectivity index (χ3n) is 6.79. The van der Waals surface area contributed by atoms with Crippen molar-refractivity contribution in [1.29, 1.82) is 0 Å². The minimum Gasteiger partial charge on any atom is -0.334 e. The molecular weight excluding hydrogens is 523 g/mol. The summed E-state index contributed by atoms with van der Waals surface area (Å²) >= 11 is 0. The van der Waals surface area contributed by atoms with Crippen molar-refractivity contribution < 1.29 is 9.18 Å². The molecule has 0 unspecified atom stereocenters. The summed E-state index contributed by atoms with van der Waals surface area (Å²) in [5, 5.41) is 20.1. The van der Waals surface area contributed by atoms with Crippen LogP contribution in [0.15, 0.2) is 64.0 Å². The van der Waals surface area contributed by atoms with Crippen molar-refractivity contribution >= 4 is 28.8 Å². The molecule has 0 saturated carbocycles. The molecule has 1 aromatic carbocycles. The first kappa shape index (κ1) is 29.6. The van der Waals surface area contributed by atoms with E-state index >= 15 is 0 Å². The van der Waals surface area contributed by atoms with E-state index in [2.05, 4.69) is 57.0 Å². The minimum absolute atomic E-state index is 0.0302. The second-order valence-electron chi connectivity index (χ2n) is 11.0. The number of allylic oxidation sites excluding steroid dienone is 2. The molecule has 0 saturated heterocycles. The van der Waals surface area contributed by atoms with Crippen LogP contribution in [0.1, 0.15) is 53.2 Å². The van der Waals surface area contributed by atoms with Crippen LogP contribution >= 0.6 is 0 Å². The van der Waals surface area contributed by atoms with Crippen molar-refractivity contribution in [2.45, 2.75) is 60.5 Å². The van der Waals surface area contributed by atoms with E-state index in [0.717, 1.165) is 37.2 Å².